The van der Waals surface area contributed by atoms with E-state index in [1.165, 1.54) is 4.68 Å². The van der Waals surface area contributed by atoms with Crippen molar-refractivity contribution in [2.75, 3.05) is 18.1 Å². The quantitative estimate of drug-likeness (QED) is 0.631. The van der Waals surface area contributed by atoms with Crippen LogP contribution in [0.2, 0.25) is 0 Å². The van der Waals surface area contributed by atoms with Crippen LogP contribution in [0.25, 0.3) is 0 Å². The Morgan fingerprint density at radius 1 is 1.43 bits per heavy atom. The number of aryl methyl sites for hydroxylation is 1. The van der Waals surface area contributed by atoms with E-state index in [1.54, 1.807) is 20.9 Å². The van der Waals surface area contributed by atoms with Crippen LogP contribution in [0, 0.1) is 10.1 Å². The minimum absolute atomic E-state index is 0.0593. The molecule has 1 aromatic rings. The molecule has 1 heterocycles. The first-order chi connectivity index (χ1) is 9.38. The fraction of sp³-hybridized carbons (Fsp3) is 0.750. The largest absolute Gasteiger partial charge is 0.363 e. The van der Waals surface area contributed by atoms with Gasteiger partial charge in [0.2, 0.25) is 5.82 Å². The molecule has 0 unspecified atom stereocenters. The number of sulfone groups is 1. The van der Waals surface area contributed by atoms with Crippen LogP contribution in [-0.4, -0.2) is 40.7 Å². The molecule has 0 atom stereocenters. The number of hydrogen-bond acceptors (Lipinski definition) is 6. The summed E-state index contributed by atoms with van der Waals surface area (Å²) in [5.41, 5.74) is 0.277. The second kappa shape index (κ2) is 5.63. The fourth-order valence-corrected chi connectivity index (χ4v) is 2.06. The van der Waals surface area contributed by atoms with E-state index in [4.69, 9.17) is 0 Å². The lowest BCUT2D eigenvalue weighted by Crippen LogP contribution is -2.38. The summed E-state index contributed by atoms with van der Waals surface area (Å²) in [5.74, 6) is 0.121. The zero-order chi connectivity index (χ0) is 16.6. The van der Waals surface area contributed by atoms with Crippen molar-refractivity contribution >= 4 is 21.3 Å². The molecule has 21 heavy (non-hydrogen) atoms. The first-order valence-corrected chi connectivity index (χ1v) is 8.42. The Morgan fingerprint density at radius 3 is 2.33 bits per heavy atom. The average molecular weight is 318 g/mol. The first kappa shape index (κ1) is 17.4. The van der Waals surface area contributed by atoms with Gasteiger partial charge in [-0.25, -0.2) is 13.1 Å². The number of nitro groups is 1. The van der Waals surface area contributed by atoms with Gasteiger partial charge in [0.1, 0.15) is 5.69 Å². The van der Waals surface area contributed by atoms with Crippen LogP contribution in [0.3, 0.4) is 0 Å². The van der Waals surface area contributed by atoms with Crippen LogP contribution in [0.15, 0.2) is 0 Å². The van der Waals surface area contributed by atoms with Crippen molar-refractivity contribution in [3.63, 3.8) is 0 Å². The number of rotatable bonds is 6. The second-order valence-corrected chi connectivity index (χ2v) is 8.65. The molecule has 9 heteroatoms. The molecule has 0 amide bonds. The van der Waals surface area contributed by atoms with E-state index in [0.29, 0.717) is 5.69 Å². The number of hydrogen-bond donors (Lipinski definition) is 1. The lowest BCUT2D eigenvalue weighted by atomic mass is 10.1. The Balaban J connectivity index is 3.18. The molecule has 0 aliphatic rings. The third-order valence-corrected chi connectivity index (χ3v) is 5.61. The van der Waals surface area contributed by atoms with E-state index < -0.39 is 19.5 Å². The summed E-state index contributed by atoms with van der Waals surface area (Å²) in [6, 6.07) is 0. The molecule has 0 aliphatic carbocycles. The Kier molecular flexibility index (Phi) is 4.66. The highest BCUT2D eigenvalue weighted by molar-refractivity contribution is 7.92. The van der Waals surface area contributed by atoms with Crippen LogP contribution in [0.1, 0.15) is 39.3 Å². The van der Waals surface area contributed by atoms with Crippen molar-refractivity contribution < 1.29 is 13.3 Å². The van der Waals surface area contributed by atoms with Crippen molar-refractivity contribution in [3.05, 3.63) is 15.8 Å². The van der Waals surface area contributed by atoms with Gasteiger partial charge in [-0.2, -0.15) is 5.10 Å². The van der Waals surface area contributed by atoms with Gasteiger partial charge in [0.05, 0.1) is 9.67 Å². The number of anilines is 1. The van der Waals surface area contributed by atoms with E-state index >= 15 is 0 Å². The molecule has 120 valence electrons. The van der Waals surface area contributed by atoms with Gasteiger partial charge in [0.25, 0.3) is 0 Å². The molecule has 0 radical (unpaired) electrons. The SMILES string of the molecule is CC(C)c1nn(C)c(NCC(C)(C)S(C)(=O)=O)c1[N+](=O)[O-]. The highest BCUT2D eigenvalue weighted by Gasteiger charge is 2.33. The standard InChI is InChI=1S/C12H22N4O4S/c1-8(2)9-10(16(17)18)11(15(5)14-9)13-7-12(3,4)21(6,19)20/h8,13H,7H2,1-6H3. The van der Waals surface area contributed by atoms with Gasteiger partial charge >= 0.3 is 5.69 Å². The van der Waals surface area contributed by atoms with Gasteiger partial charge < -0.3 is 5.32 Å². The van der Waals surface area contributed by atoms with Crippen LogP contribution < -0.4 is 5.32 Å². The van der Waals surface area contributed by atoms with Crippen LogP contribution >= 0.6 is 0 Å². The third kappa shape index (κ3) is 3.52. The van der Waals surface area contributed by atoms with E-state index in [1.807, 2.05) is 13.8 Å². The number of nitrogens with one attached hydrogen (secondary N) is 1. The summed E-state index contributed by atoms with van der Waals surface area (Å²) in [4.78, 5) is 10.8. The average Bonchev–Trinajstić information content (AvgIpc) is 2.62. The van der Waals surface area contributed by atoms with Crippen molar-refractivity contribution in [3.8, 4) is 0 Å². The van der Waals surface area contributed by atoms with Crippen molar-refractivity contribution in [2.45, 2.75) is 38.4 Å². The topological polar surface area (TPSA) is 107 Å². The Hall–Kier alpha value is -1.64. The second-order valence-electron chi connectivity index (χ2n) is 6.00. The summed E-state index contributed by atoms with van der Waals surface area (Å²) in [7, 11) is -1.70. The van der Waals surface area contributed by atoms with Crippen molar-refractivity contribution in [1.29, 1.82) is 0 Å². The summed E-state index contributed by atoms with van der Waals surface area (Å²) in [5, 5.41) is 18.3. The fourth-order valence-electron chi connectivity index (χ4n) is 1.73. The molecule has 0 bridgehead atoms. The summed E-state index contributed by atoms with van der Waals surface area (Å²) in [6.07, 6.45) is 1.14. The molecule has 1 rings (SSSR count). The normalized spacial score (nSPS) is 12.7. The van der Waals surface area contributed by atoms with E-state index in [-0.39, 0.29) is 24.0 Å². The van der Waals surface area contributed by atoms with E-state index in [9.17, 15) is 18.5 Å². The lowest BCUT2D eigenvalue weighted by Gasteiger charge is -2.23. The molecule has 0 aromatic carbocycles. The number of nitrogens with zero attached hydrogens (tertiary/aromatic N) is 3. The maximum absolute atomic E-state index is 11.7. The van der Waals surface area contributed by atoms with Crippen LogP contribution in [0.5, 0.6) is 0 Å². The molecular formula is C12H22N4O4S. The zero-order valence-electron chi connectivity index (χ0n) is 13.2. The molecular weight excluding hydrogens is 296 g/mol. The van der Waals surface area contributed by atoms with Gasteiger partial charge in [0.15, 0.2) is 9.84 Å². The van der Waals surface area contributed by atoms with Gasteiger partial charge in [-0.15, -0.1) is 0 Å². The maximum atomic E-state index is 11.7. The smallest absolute Gasteiger partial charge is 0.334 e. The molecule has 0 fully saturated rings. The molecule has 0 aliphatic heterocycles. The van der Waals surface area contributed by atoms with Crippen molar-refractivity contribution in [1.82, 2.24) is 9.78 Å². The summed E-state index contributed by atoms with van der Waals surface area (Å²) >= 11 is 0. The maximum Gasteiger partial charge on any atom is 0.334 e. The Bertz CT molecular complexity index is 646. The molecule has 1 N–H and O–H groups in total. The lowest BCUT2D eigenvalue weighted by molar-refractivity contribution is -0.384. The van der Waals surface area contributed by atoms with Gasteiger partial charge in [0, 0.05) is 25.8 Å². The molecule has 8 nitrogen and oxygen atoms in total. The zero-order valence-corrected chi connectivity index (χ0v) is 14.0. The van der Waals surface area contributed by atoms with Gasteiger partial charge in [-0.1, -0.05) is 13.8 Å². The van der Waals surface area contributed by atoms with E-state index in [2.05, 4.69) is 10.4 Å². The number of aromatic nitrogens is 2. The molecule has 0 saturated heterocycles. The van der Waals surface area contributed by atoms with Gasteiger partial charge in [-0.05, 0) is 13.8 Å². The Morgan fingerprint density at radius 2 is 1.95 bits per heavy atom. The molecule has 0 saturated carbocycles. The minimum atomic E-state index is -3.29. The predicted molar refractivity (Wildman–Crippen MR) is 81.4 cm³/mol. The summed E-state index contributed by atoms with van der Waals surface area (Å²) in [6.45, 7) is 6.84. The van der Waals surface area contributed by atoms with Crippen LogP contribution in [0.4, 0.5) is 11.5 Å². The highest BCUT2D eigenvalue weighted by Crippen LogP contribution is 2.33. The highest BCUT2D eigenvalue weighted by atomic mass is 32.2. The first-order valence-electron chi connectivity index (χ1n) is 6.53. The minimum Gasteiger partial charge on any atom is -0.363 e. The molecule has 1 aromatic heterocycles. The summed E-state index contributed by atoms with van der Waals surface area (Å²) < 4.78 is 23.7. The van der Waals surface area contributed by atoms with Crippen LogP contribution in [-0.2, 0) is 16.9 Å². The predicted octanol–water partition coefficient (Wildman–Crippen LogP) is 1.69. The van der Waals surface area contributed by atoms with Crippen molar-refractivity contribution in [2.24, 2.45) is 7.05 Å². The van der Waals surface area contributed by atoms with E-state index in [0.717, 1.165) is 6.26 Å². The third-order valence-electron chi connectivity index (χ3n) is 3.46. The Labute approximate surface area is 124 Å². The molecule has 0 spiro atoms. The monoisotopic (exact) mass is 318 g/mol. The van der Waals surface area contributed by atoms with Gasteiger partial charge in [-0.3, -0.25) is 10.1 Å².